The fourth-order valence-electron chi connectivity index (χ4n) is 3.39. The van der Waals surface area contributed by atoms with E-state index in [2.05, 4.69) is 36.5 Å². The summed E-state index contributed by atoms with van der Waals surface area (Å²) in [4.78, 5) is 12.3. The summed E-state index contributed by atoms with van der Waals surface area (Å²) in [5, 5.41) is 7.71. The fourth-order valence-corrected chi connectivity index (χ4v) is 3.39. The molecular formula is C20H19N3O. The SMILES string of the molecule is Cc1ccc(C2CC(=O)Nc3c2c(C)nn3-c2ccccc2)cc1. The summed E-state index contributed by atoms with van der Waals surface area (Å²) in [5.41, 5.74) is 5.40. The van der Waals surface area contributed by atoms with Gasteiger partial charge in [0.05, 0.1) is 11.4 Å². The lowest BCUT2D eigenvalue weighted by Crippen LogP contribution is -2.24. The first-order chi connectivity index (χ1) is 11.6. The number of hydrogen-bond donors (Lipinski definition) is 1. The molecule has 1 unspecified atom stereocenters. The zero-order chi connectivity index (χ0) is 16.7. The maximum absolute atomic E-state index is 12.3. The van der Waals surface area contributed by atoms with Gasteiger partial charge in [0.15, 0.2) is 0 Å². The normalized spacial score (nSPS) is 16.6. The summed E-state index contributed by atoms with van der Waals surface area (Å²) in [6.07, 6.45) is 0.456. The number of fused-ring (bicyclic) bond motifs is 1. The van der Waals surface area contributed by atoms with Crippen LogP contribution in [-0.4, -0.2) is 15.7 Å². The number of aryl methyl sites for hydroxylation is 2. The monoisotopic (exact) mass is 317 g/mol. The quantitative estimate of drug-likeness (QED) is 0.777. The fraction of sp³-hybridized carbons (Fsp3) is 0.200. The first-order valence-corrected chi connectivity index (χ1v) is 8.15. The standard InChI is InChI=1S/C20H19N3O/c1-13-8-10-15(11-9-13)17-12-18(24)21-20-19(17)14(2)22-23(20)16-6-4-3-5-7-16/h3-11,17H,12H2,1-2H3,(H,21,24). The minimum absolute atomic E-state index is 0.0326. The van der Waals surface area contributed by atoms with Gasteiger partial charge in [0, 0.05) is 17.9 Å². The topological polar surface area (TPSA) is 46.9 Å². The first kappa shape index (κ1) is 14.7. The third kappa shape index (κ3) is 2.40. The molecule has 2 heterocycles. The molecule has 1 aliphatic heterocycles. The number of benzene rings is 2. The summed E-state index contributed by atoms with van der Waals surface area (Å²) in [6, 6.07) is 18.3. The Balaban J connectivity index is 1.87. The van der Waals surface area contributed by atoms with Crippen molar-refractivity contribution in [3.63, 3.8) is 0 Å². The van der Waals surface area contributed by atoms with Gasteiger partial charge in [-0.3, -0.25) is 4.79 Å². The molecule has 0 radical (unpaired) electrons. The highest BCUT2D eigenvalue weighted by atomic mass is 16.1. The lowest BCUT2D eigenvalue weighted by molar-refractivity contribution is -0.116. The second-order valence-corrected chi connectivity index (χ2v) is 6.31. The molecule has 4 rings (SSSR count). The van der Waals surface area contributed by atoms with E-state index < -0.39 is 0 Å². The third-order valence-electron chi connectivity index (χ3n) is 4.58. The summed E-state index contributed by atoms with van der Waals surface area (Å²) in [7, 11) is 0. The van der Waals surface area contributed by atoms with Crippen molar-refractivity contribution in [1.29, 1.82) is 0 Å². The summed E-state index contributed by atoms with van der Waals surface area (Å²) >= 11 is 0. The van der Waals surface area contributed by atoms with E-state index in [4.69, 9.17) is 5.10 Å². The number of rotatable bonds is 2. The van der Waals surface area contributed by atoms with Crippen molar-refractivity contribution in [3.05, 3.63) is 77.0 Å². The van der Waals surface area contributed by atoms with Crippen LogP contribution in [0.1, 0.15) is 34.7 Å². The van der Waals surface area contributed by atoms with Gasteiger partial charge in [-0.05, 0) is 31.5 Å². The van der Waals surface area contributed by atoms with Crippen LogP contribution in [0.5, 0.6) is 0 Å². The minimum atomic E-state index is 0.0326. The van der Waals surface area contributed by atoms with Gasteiger partial charge in [0.2, 0.25) is 5.91 Å². The molecule has 2 aromatic carbocycles. The molecule has 0 bridgehead atoms. The van der Waals surface area contributed by atoms with Gasteiger partial charge in [0.1, 0.15) is 5.82 Å². The van der Waals surface area contributed by atoms with Crippen molar-refractivity contribution >= 4 is 11.7 Å². The number of carbonyl (C=O) groups excluding carboxylic acids is 1. The summed E-state index contributed by atoms with van der Waals surface area (Å²) in [6.45, 7) is 4.08. The molecule has 1 amide bonds. The Morgan fingerprint density at radius 3 is 2.46 bits per heavy atom. The Hall–Kier alpha value is -2.88. The van der Waals surface area contributed by atoms with E-state index in [1.54, 1.807) is 0 Å². The zero-order valence-electron chi connectivity index (χ0n) is 13.8. The van der Waals surface area contributed by atoms with Crippen LogP contribution < -0.4 is 5.32 Å². The first-order valence-electron chi connectivity index (χ1n) is 8.15. The number of para-hydroxylation sites is 1. The highest BCUT2D eigenvalue weighted by Gasteiger charge is 2.32. The number of nitrogens with zero attached hydrogens (tertiary/aromatic N) is 2. The lowest BCUT2D eigenvalue weighted by Gasteiger charge is -2.24. The molecule has 1 aliphatic rings. The van der Waals surface area contributed by atoms with E-state index in [9.17, 15) is 4.79 Å². The Morgan fingerprint density at radius 1 is 1.04 bits per heavy atom. The highest BCUT2D eigenvalue weighted by Crippen LogP contribution is 2.40. The molecule has 0 spiro atoms. The predicted octanol–water partition coefficient (Wildman–Crippen LogP) is 3.96. The molecular weight excluding hydrogens is 298 g/mol. The van der Waals surface area contributed by atoms with Crippen LogP contribution >= 0.6 is 0 Å². The number of hydrogen-bond acceptors (Lipinski definition) is 2. The number of aromatic nitrogens is 2. The van der Waals surface area contributed by atoms with Gasteiger partial charge >= 0.3 is 0 Å². The van der Waals surface area contributed by atoms with Crippen molar-refractivity contribution in [2.45, 2.75) is 26.2 Å². The molecule has 0 saturated carbocycles. The average molecular weight is 317 g/mol. The number of anilines is 1. The van der Waals surface area contributed by atoms with E-state index in [-0.39, 0.29) is 11.8 Å². The molecule has 0 fully saturated rings. The van der Waals surface area contributed by atoms with Crippen LogP contribution in [0.15, 0.2) is 54.6 Å². The third-order valence-corrected chi connectivity index (χ3v) is 4.58. The summed E-state index contributed by atoms with van der Waals surface area (Å²) < 4.78 is 1.84. The van der Waals surface area contributed by atoms with Crippen molar-refractivity contribution < 1.29 is 4.79 Å². The van der Waals surface area contributed by atoms with Gasteiger partial charge in [-0.25, -0.2) is 4.68 Å². The highest BCUT2D eigenvalue weighted by molar-refractivity contribution is 5.95. The number of nitrogens with one attached hydrogen (secondary N) is 1. The maximum Gasteiger partial charge on any atom is 0.226 e. The van der Waals surface area contributed by atoms with Gasteiger partial charge in [0.25, 0.3) is 0 Å². The Kier molecular flexibility index (Phi) is 3.45. The molecule has 24 heavy (non-hydrogen) atoms. The van der Waals surface area contributed by atoms with Gasteiger partial charge < -0.3 is 5.32 Å². The molecule has 120 valence electrons. The Morgan fingerprint density at radius 2 is 1.75 bits per heavy atom. The zero-order valence-corrected chi connectivity index (χ0v) is 13.8. The average Bonchev–Trinajstić information content (AvgIpc) is 2.92. The number of carbonyl (C=O) groups is 1. The molecule has 1 N–H and O–H groups in total. The van der Waals surface area contributed by atoms with Gasteiger partial charge in [-0.2, -0.15) is 5.10 Å². The molecule has 3 aromatic rings. The Labute approximate surface area is 141 Å². The second kappa shape index (κ2) is 5.64. The Bertz CT molecular complexity index is 895. The molecule has 1 atom stereocenters. The number of amides is 1. The second-order valence-electron chi connectivity index (χ2n) is 6.31. The minimum Gasteiger partial charge on any atom is -0.310 e. The van der Waals surface area contributed by atoms with E-state index in [0.29, 0.717) is 6.42 Å². The van der Waals surface area contributed by atoms with Crippen LogP contribution in [0.2, 0.25) is 0 Å². The smallest absolute Gasteiger partial charge is 0.226 e. The van der Waals surface area contributed by atoms with E-state index in [1.165, 1.54) is 5.56 Å². The van der Waals surface area contributed by atoms with E-state index in [0.717, 1.165) is 28.3 Å². The van der Waals surface area contributed by atoms with Crippen LogP contribution in [0, 0.1) is 13.8 Å². The molecule has 0 saturated heterocycles. The maximum atomic E-state index is 12.3. The van der Waals surface area contributed by atoms with Crippen molar-refractivity contribution in [2.75, 3.05) is 5.32 Å². The molecule has 4 heteroatoms. The van der Waals surface area contributed by atoms with Crippen LogP contribution in [0.25, 0.3) is 5.69 Å². The van der Waals surface area contributed by atoms with Crippen LogP contribution in [0.3, 0.4) is 0 Å². The molecule has 1 aromatic heterocycles. The van der Waals surface area contributed by atoms with Gasteiger partial charge in [-0.15, -0.1) is 0 Å². The van der Waals surface area contributed by atoms with Crippen molar-refractivity contribution in [1.82, 2.24) is 9.78 Å². The lowest BCUT2D eigenvalue weighted by atomic mass is 9.85. The van der Waals surface area contributed by atoms with Crippen LogP contribution in [0.4, 0.5) is 5.82 Å². The van der Waals surface area contributed by atoms with Crippen molar-refractivity contribution in [3.8, 4) is 5.69 Å². The van der Waals surface area contributed by atoms with Crippen molar-refractivity contribution in [2.24, 2.45) is 0 Å². The van der Waals surface area contributed by atoms with Crippen LogP contribution in [-0.2, 0) is 4.79 Å². The van der Waals surface area contributed by atoms with Gasteiger partial charge in [-0.1, -0.05) is 48.0 Å². The van der Waals surface area contributed by atoms with E-state index >= 15 is 0 Å². The molecule has 4 nitrogen and oxygen atoms in total. The van der Waals surface area contributed by atoms with E-state index in [1.807, 2.05) is 41.9 Å². The predicted molar refractivity (Wildman–Crippen MR) is 94.6 cm³/mol. The summed E-state index contributed by atoms with van der Waals surface area (Å²) in [5.74, 6) is 0.873. The largest absolute Gasteiger partial charge is 0.310 e. The molecule has 0 aliphatic carbocycles.